The molecule has 3 aromatic carbocycles. The Morgan fingerprint density at radius 1 is 1.13 bits per heavy atom. The van der Waals surface area contributed by atoms with Crippen molar-refractivity contribution in [1.82, 2.24) is 10.2 Å². The van der Waals surface area contributed by atoms with Gasteiger partial charge in [-0.2, -0.15) is 13.6 Å². The van der Waals surface area contributed by atoms with Gasteiger partial charge in [0.25, 0.3) is 0 Å². The molecule has 2 atom stereocenters. The standard InChI is InChI=1S/C28H31N3O6S/c1-18-15-24(37-38(29,35)36)12-13-25(18)23-6-3-5-20(16-23)17-31-14-4-7-26(31)27(32)30-19(2)21-8-10-22(11-9-21)28(33)34/h3,5-6,8-13,15-16,19,26H,4,7,14,17H2,1-2H3,(H,30,32)(H,33,34)(H2,29,35,36)/t19-,26+/m0/s1. The normalized spacial score (nSPS) is 16.7. The highest BCUT2D eigenvalue weighted by atomic mass is 32.2. The number of carbonyl (C=O) groups excluding carboxylic acids is 1. The molecule has 1 saturated heterocycles. The van der Waals surface area contributed by atoms with Gasteiger partial charge in [-0.3, -0.25) is 9.69 Å². The highest BCUT2D eigenvalue weighted by Gasteiger charge is 2.31. The van der Waals surface area contributed by atoms with E-state index in [2.05, 4.69) is 16.3 Å². The van der Waals surface area contributed by atoms with E-state index < -0.39 is 16.3 Å². The number of nitrogens with zero attached hydrogens (tertiary/aromatic N) is 1. The van der Waals surface area contributed by atoms with Gasteiger partial charge in [0.05, 0.1) is 17.6 Å². The number of carbonyl (C=O) groups is 2. The molecule has 1 amide bonds. The van der Waals surface area contributed by atoms with Crippen LogP contribution in [-0.4, -0.2) is 42.9 Å². The number of hydrogen-bond acceptors (Lipinski definition) is 6. The fourth-order valence-electron chi connectivity index (χ4n) is 4.84. The number of aryl methyl sites for hydroxylation is 1. The van der Waals surface area contributed by atoms with Crippen LogP contribution in [-0.2, 0) is 21.6 Å². The summed E-state index contributed by atoms with van der Waals surface area (Å²) >= 11 is 0. The monoisotopic (exact) mass is 537 g/mol. The molecule has 4 N–H and O–H groups in total. The van der Waals surface area contributed by atoms with Crippen molar-refractivity contribution in [3.63, 3.8) is 0 Å². The molecule has 200 valence electrons. The van der Waals surface area contributed by atoms with Crippen LogP contribution < -0.4 is 14.6 Å². The van der Waals surface area contributed by atoms with Crippen molar-refractivity contribution in [3.8, 4) is 16.9 Å². The van der Waals surface area contributed by atoms with Gasteiger partial charge in [0, 0.05) is 6.54 Å². The molecule has 1 heterocycles. The van der Waals surface area contributed by atoms with E-state index in [1.165, 1.54) is 12.1 Å². The maximum atomic E-state index is 13.2. The van der Waals surface area contributed by atoms with Gasteiger partial charge in [-0.05, 0) is 91.4 Å². The van der Waals surface area contributed by atoms with Crippen molar-refractivity contribution >= 4 is 22.2 Å². The zero-order chi connectivity index (χ0) is 27.4. The van der Waals surface area contributed by atoms with Gasteiger partial charge in [-0.1, -0.05) is 36.4 Å². The summed E-state index contributed by atoms with van der Waals surface area (Å²) in [6.45, 7) is 5.18. The van der Waals surface area contributed by atoms with Gasteiger partial charge in [-0.15, -0.1) is 0 Å². The minimum absolute atomic E-state index is 0.0465. The molecule has 1 aliphatic heterocycles. The third kappa shape index (κ3) is 6.77. The van der Waals surface area contributed by atoms with Gasteiger partial charge in [0.1, 0.15) is 5.75 Å². The summed E-state index contributed by atoms with van der Waals surface area (Å²) < 4.78 is 27.2. The summed E-state index contributed by atoms with van der Waals surface area (Å²) in [5, 5.41) is 17.1. The predicted octanol–water partition coefficient (Wildman–Crippen LogP) is 3.78. The third-order valence-electron chi connectivity index (χ3n) is 6.72. The molecule has 0 saturated carbocycles. The van der Waals surface area contributed by atoms with Crippen LogP contribution >= 0.6 is 0 Å². The Balaban J connectivity index is 1.43. The number of nitrogens with two attached hydrogens (primary N) is 1. The SMILES string of the molecule is Cc1cc(OS(N)(=O)=O)ccc1-c1cccc(CN2CCC[C@@H]2C(=O)N[C@@H](C)c2ccc(C(=O)O)cc2)c1. The maximum Gasteiger partial charge on any atom is 0.380 e. The van der Waals surface area contributed by atoms with Crippen molar-refractivity contribution in [2.75, 3.05) is 6.54 Å². The van der Waals surface area contributed by atoms with E-state index >= 15 is 0 Å². The quantitative estimate of drug-likeness (QED) is 0.377. The highest BCUT2D eigenvalue weighted by molar-refractivity contribution is 7.84. The molecular formula is C28H31N3O6S. The number of nitrogens with one attached hydrogen (secondary N) is 1. The molecule has 0 unspecified atom stereocenters. The lowest BCUT2D eigenvalue weighted by Gasteiger charge is -2.26. The zero-order valence-electron chi connectivity index (χ0n) is 21.3. The molecule has 0 aromatic heterocycles. The number of aromatic carboxylic acids is 1. The molecule has 0 spiro atoms. The van der Waals surface area contributed by atoms with Crippen LogP contribution in [0.25, 0.3) is 11.1 Å². The van der Waals surface area contributed by atoms with Gasteiger partial charge < -0.3 is 14.6 Å². The molecule has 0 radical (unpaired) electrons. The molecule has 1 aliphatic rings. The molecule has 4 rings (SSSR count). The van der Waals surface area contributed by atoms with Crippen molar-refractivity contribution < 1.29 is 27.3 Å². The number of rotatable bonds is 9. The molecule has 10 heteroatoms. The smallest absolute Gasteiger partial charge is 0.380 e. The van der Waals surface area contributed by atoms with Crippen molar-refractivity contribution in [3.05, 3.63) is 89.0 Å². The molecule has 38 heavy (non-hydrogen) atoms. The van der Waals surface area contributed by atoms with Crippen LogP contribution in [0.2, 0.25) is 0 Å². The number of carboxylic acid groups (broad SMARTS) is 1. The Hall–Kier alpha value is -3.73. The maximum absolute atomic E-state index is 13.2. The Labute approximate surface area is 222 Å². The molecule has 0 bridgehead atoms. The summed E-state index contributed by atoms with van der Waals surface area (Å²) in [5.41, 5.74) is 4.86. The van der Waals surface area contributed by atoms with E-state index in [9.17, 15) is 18.0 Å². The van der Waals surface area contributed by atoms with Crippen LogP contribution in [0.5, 0.6) is 5.75 Å². The van der Waals surface area contributed by atoms with Crippen LogP contribution in [0.15, 0.2) is 66.7 Å². The molecule has 1 fully saturated rings. The average molecular weight is 538 g/mol. The van der Waals surface area contributed by atoms with E-state index in [1.54, 1.807) is 30.3 Å². The van der Waals surface area contributed by atoms with Crippen molar-refractivity contribution in [1.29, 1.82) is 0 Å². The van der Waals surface area contributed by atoms with Crippen LogP contribution in [0, 0.1) is 6.92 Å². The van der Waals surface area contributed by atoms with Crippen LogP contribution in [0.1, 0.15) is 52.9 Å². The van der Waals surface area contributed by atoms with Gasteiger partial charge in [-0.25, -0.2) is 4.79 Å². The minimum Gasteiger partial charge on any atom is -0.478 e. The number of benzene rings is 3. The minimum atomic E-state index is -4.09. The first kappa shape index (κ1) is 27.3. The lowest BCUT2D eigenvalue weighted by molar-refractivity contribution is -0.126. The average Bonchev–Trinajstić information content (AvgIpc) is 3.31. The first-order chi connectivity index (χ1) is 18.0. The van der Waals surface area contributed by atoms with Crippen LogP contribution in [0.3, 0.4) is 0 Å². The first-order valence-electron chi connectivity index (χ1n) is 12.3. The lowest BCUT2D eigenvalue weighted by atomic mass is 9.98. The molecular weight excluding hydrogens is 506 g/mol. The summed E-state index contributed by atoms with van der Waals surface area (Å²) in [6.07, 6.45) is 1.69. The Morgan fingerprint density at radius 2 is 1.87 bits per heavy atom. The fraction of sp³-hybridized carbons (Fsp3) is 0.286. The van der Waals surface area contributed by atoms with Gasteiger partial charge in [0.15, 0.2) is 0 Å². The van der Waals surface area contributed by atoms with E-state index in [-0.39, 0.29) is 29.3 Å². The van der Waals surface area contributed by atoms with Crippen molar-refractivity contribution in [2.45, 2.75) is 45.3 Å². The first-order valence-corrected chi connectivity index (χ1v) is 13.8. The highest BCUT2D eigenvalue weighted by Crippen LogP contribution is 2.29. The summed E-state index contributed by atoms with van der Waals surface area (Å²) in [6, 6.07) is 19.1. The number of amides is 1. The molecule has 3 aromatic rings. The number of carboxylic acids is 1. The second-order valence-electron chi connectivity index (χ2n) is 9.54. The van der Waals surface area contributed by atoms with E-state index in [0.717, 1.165) is 47.2 Å². The summed E-state index contributed by atoms with van der Waals surface area (Å²) in [4.78, 5) is 26.4. The number of likely N-dealkylation sites (tertiary alicyclic amines) is 1. The van der Waals surface area contributed by atoms with Gasteiger partial charge >= 0.3 is 16.3 Å². The molecule has 9 nitrogen and oxygen atoms in total. The molecule has 0 aliphatic carbocycles. The topological polar surface area (TPSA) is 139 Å². The summed E-state index contributed by atoms with van der Waals surface area (Å²) in [5.74, 6) is -0.875. The predicted molar refractivity (Wildman–Crippen MR) is 144 cm³/mol. The number of hydrogen-bond donors (Lipinski definition) is 3. The van der Waals surface area contributed by atoms with E-state index in [1.807, 2.05) is 32.0 Å². The van der Waals surface area contributed by atoms with E-state index in [4.69, 9.17) is 14.4 Å². The van der Waals surface area contributed by atoms with E-state index in [0.29, 0.717) is 6.54 Å². The fourth-order valence-corrected chi connectivity index (χ4v) is 5.21. The van der Waals surface area contributed by atoms with Gasteiger partial charge in [0.2, 0.25) is 5.91 Å². The zero-order valence-corrected chi connectivity index (χ0v) is 22.1. The summed E-state index contributed by atoms with van der Waals surface area (Å²) in [7, 11) is -4.09. The van der Waals surface area contributed by atoms with Crippen LogP contribution in [0.4, 0.5) is 0 Å². The second kappa shape index (κ2) is 11.3. The largest absolute Gasteiger partial charge is 0.478 e. The Bertz CT molecular complexity index is 1440. The Morgan fingerprint density at radius 3 is 2.53 bits per heavy atom. The Kier molecular flexibility index (Phi) is 8.15. The second-order valence-corrected chi connectivity index (χ2v) is 10.7. The van der Waals surface area contributed by atoms with Crippen molar-refractivity contribution in [2.24, 2.45) is 5.14 Å². The third-order valence-corrected chi connectivity index (χ3v) is 7.14. The lowest BCUT2D eigenvalue weighted by Crippen LogP contribution is -2.43.